The number of benzene rings is 2. The van der Waals surface area contributed by atoms with Gasteiger partial charge in [0.25, 0.3) is 5.91 Å². The number of carbonyl (C=O) groups is 1. The normalized spacial score (nSPS) is 10.8. The highest BCUT2D eigenvalue weighted by molar-refractivity contribution is 7.12. The number of aromatic nitrogens is 3. The van der Waals surface area contributed by atoms with E-state index in [2.05, 4.69) is 15.4 Å². The van der Waals surface area contributed by atoms with E-state index in [1.807, 2.05) is 73.8 Å². The summed E-state index contributed by atoms with van der Waals surface area (Å²) < 4.78 is 12.8. The maximum atomic E-state index is 12.3. The zero-order valence-corrected chi connectivity index (χ0v) is 18.8. The molecule has 0 radical (unpaired) electrons. The van der Waals surface area contributed by atoms with Crippen molar-refractivity contribution in [2.24, 2.45) is 0 Å². The third-order valence-electron chi connectivity index (χ3n) is 4.75. The zero-order chi connectivity index (χ0) is 22.3. The molecule has 4 aromatic rings. The molecule has 0 saturated heterocycles. The van der Waals surface area contributed by atoms with Crippen molar-refractivity contribution in [3.8, 4) is 23.1 Å². The van der Waals surface area contributed by atoms with E-state index in [1.165, 1.54) is 11.3 Å². The fraction of sp³-hybridized carbons (Fsp3) is 0.208. The second kappa shape index (κ2) is 10.2. The van der Waals surface area contributed by atoms with Gasteiger partial charge in [-0.05, 0) is 55.1 Å². The van der Waals surface area contributed by atoms with E-state index in [0.29, 0.717) is 36.2 Å². The third-order valence-corrected chi connectivity index (χ3v) is 5.62. The first-order chi connectivity index (χ1) is 15.7. The predicted octanol–water partition coefficient (Wildman–Crippen LogP) is 4.97. The number of nitrogens with one attached hydrogen (secondary N) is 1. The highest BCUT2D eigenvalue weighted by Gasteiger charge is 2.16. The van der Waals surface area contributed by atoms with Crippen LogP contribution in [0.1, 0.15) is 22.2 Å². The SMILES string of the molecule is CCOCCOc1nc(-c2ccccc2C)n(-c2ccc(NC(=O)c3cccs3)cc2)n1. The summed E-state index contributed by atoms with van der Waals surface area (Å²) >= 11 is 1.41. The van der Waals surface area contributed by atoms with E-state index < -0.39 is 0 Å². The summed E-state index contributed by atoms with van der Waals surface area (Å²) in [5, 5.41) is 9.36. The molecule has 0 aliphatic carbocycles. The predicted molar refractivity (Wildman–Crippen MR) is 126 cm³/mol. The number of hydrogen-bond acceptors (Lipinski definition) is 6. The molecule has 2 heterocycles. The molecule has 1 N–H and O–H groups in total. The Morgan fingerprint density at radius 2 is 1.88 bits per heavy atom. The van der Waals surface area contributed by atoms with Crippen molar-refractivity contribution in [1.82, 2.24) is 14.8 Å². The van der Waals surface area contributed by atoms with Gasteiger partial charge in [-0.25, -0.2) is 4.68 Å². The van der Waals surface area contributed by atoms with Crippen molar-refractivity contribution >= 4 is 22.9 Å². The van der Waals surface area contributed by atoms with Gasteiger partial charge in [-0.15, -0.1) is 16.4 Å². The molecule has 7 nitrogen and oxygen atoms in total. The van der Waals surface area contributed by atoms with Crippen LogP contribution >= 0.6 is 11.3 Å². The molecule has 0 bridgehead atoms. The van der Waals surface area contributed by atoms with Crippen molar-refractivity contribution < 1.29 is 14.3 Å². The van der Waals surface area contributed by atoms with Gasteiger partial charge in [0, 0.05) is 17.9 Å². The highest BCUT2D eigenvalue weighted by atomic mass is 32.1. The largest absolute Gasteiger partial charge is 0.460 e. The van der Waals surface area contributed by atoms with Gasteiger partial charge in [0.15, 0.2) is 5.82 Å². The van der Waals surface area contributed by atoms with E-state index in [1.54, 1.807) is 10.7 Å². The van der Waals surface area contributed by atoms with E-state index in [9.17, 15) is 4.79 Å². The summed E-state index contributed by atoms with van der Waals surface area (Å²) in [6.45, 7) is 5.46. The number of ether oxygens (including phenoxy) is 2. The minimum atomic E-state index is -0.126. The molecule has 0 spiro atoms. The van der Waals surface area contributed by atoms with Crippen molar-refractivity contribution in [2.75, 3.05) is 25.1 Å². The minimum absolute atomic E-state index is 0.126. The molecule has 0 atom stereocenters. The molecule has 8 heteroatoms. The summed E-state index contributed by atoms with van der Waals surface area (Å²) in [4.78, 5) is 17.6. The van der Waals surface area contributed by atoms with Gasteiger partial charge in [-0.2, -0.15) is 4.98 Å². The van der Waals surface area contributed by atoms with E-state index in [-0.39, 0.29) is 11.9 Å². The van der Waals surface area contributed by atoms with Crippen LogP contribution in [-0.4, -0.2) is 40.5 Å². The quantitative estimate of drug-likeness (QED) is 0.366. The lowest BCUT2D eigenvalue weighted by Gasteiger charge is -2.09. The Morgan fingerprint density at radius 1 is 1.06 bits per heavy atom. The Labute approximate surface area is 190 Å². The average Bonchev–Trinajstić information content (AvgIpc) is 3.48. The van der Waals surface area contributed by atoms with E-state index in [4.69, 9.17) is 9.47 Å². The molecule has 4 rings (SSSR count). The van der Waals surface area contributed by atoms with Crippen LogP contribution in [0.15, 0.2) is 66.0 Å². The Morgan fingerprint density at radius 3 is 2.59 bits per heavy atom. The van der Waals surface area contributed by atoms with Gasteiger partial charge in [0.2, 0.25) is 0 Å². The summed E-state index contributed by atoms with van der Waals surface area (Å²) in [5.41, 5.74) is 3.57. The molecular weight excluding hydrogens is 424 g/mol. The molecule has 0 aliphatic heterocycles. The second-order valence-corrected chi connectivity index (χ2v) is 7.92. The maximum Gasteiger partial charge on any atom is 0.336 e. The summed E-state index contributed by atoms with van der Waals surface area (Å²) in [6.07, 6.45) is 0. The van der Waals surface area contributed by atoms with Gasteiger partial charge in [-0.1, -0.05) is 30.3 Å². The maximum absolute atomic E-state index is 12.3. The lowest BCUT2D eigenvalue weighted by atomic mass is 10.1. The minimum Gasteiger partial charge on any atom is -0.460 e. The van der Waals surface area contributed by atoms with E-state index >= 15 is 0 Å². The number of aryl methyl sites for hydroxylation is 1. The Hall–Kier alpha value is -3.49. The highest BCUT2D eigenvalue weighted by Crippen LogP contribution is 2.27. The van der Waals surface area contributed by atoms with Gasteiger partial charge in [-0.3, -0.25) is 4.79 Å². The molecule has 164 valence electrons. The number of rotatable bonds is 9. The summed E-state index contributed by atoms with van der Waals surface area (Å²) in [6, 6.07) is 19.4. The third kappa shape index (κ3) is 5.04. The van der Waals surface area contributed by atoms with Crippen molar-refractivity contribution in [3.63, 3.8) is 0 Å². The fourth-order valence-electron chi connectivity index (χ4n) is 3.16. The Bertz CT molecular complexity index is 1170. The first kappa shape index (κ1) is 21.7. The number of nitrogens with zero attached hydrogens (tertiary/aromatic N) is 3. The number of hydrogen-bond donors (Lipinski definition) is 1. The topological polar surface area (TPSA) is 78.3 Å². The average molecular weight is 449 g/mol. The van der Waals surface area contributed by atoms with Gasteiger partial charge < -0.3 is 14.8 Å². The van der Waals surface area contributed by atoms with Gasteiger partial charge in [0.05, 0.1) is 17.2 Å². The van der Waals surface area contributed by atoms with Crippen LogP contribution in [-0.2, 0) is 4.74 Å². The summed E-state index contributed by atoms with van der Waals surface area (Å²) in [7, 11) is 0. The van der Waals surface area contributed by atoms with Crippen LogP contribution in [0.3, 0.4) is 0 Å². The first-order valence-corrected chi connectivity index (χ1v) is 11.2. The molecule has 2 aromatic heterocycles. The lowest BCUT2D eigenvalue weighted by Crippen LogP contribution is -2.10. The van der Waals surface area contributed by atoms with Gasteiger partial charge >= 0.3 is 6.01 Å². The van der Waals surface area contributed by atoms with Crippen LogP contribution in [0.4, 0.5) is 5.69 Å². The van der Waals surface area contributed by atoms with Crippen LogP contribution in [0.25, 0.3) is 17.1 Å². The smallest absolute Gasteiger partial charge is 0.336 e. The molecule has 1 amide bonds. The fourth-order valence-corrected chi connectivity index (χ4v) is 3.77. The molecule has 0 saturated carbocycles. The first-order valence-electron chi connectivity index (χ1n) is 10.3. The second-order valence-electron chi connectivity index (χ2n) is 6.97. The standard InChI is InChI=1S/C24H24N4O3S/c1-3-30-14-15-31-24-26-22(20-8-5-4-7-17(20)2)28(27-24)19-12-10-18(11-13-19)25-23(29)21-9-6-16-32-21/h4-13,16H,3,14-15H2,1-2H3,(H,25,29). The monoisotopic (exact) mass is 448 g/mol. The van der Waals surface area contributed by atoms with Crippen molar-refractivity contribution in [3.05, 3.63) is 76.5 Å². The molecule has 0 fully saturated rings. The zero-order valence-electron chi connectivity index (χ0n) is 17.9. The lowest BCUT2D eigenvalue weighted by molar-refractivity contribution is 0.103. The molecular formula is C24H24N4O3S. The van der Waals surface area contributed by atoms with Crippen LogP contribution in [0.5, 0.6) is 6.01 Å². The van der Waals surface area contributed by atoms with Crippen molar-refractivity contribution in [2.45, 2.75) is 13.8 Å². The van der Waals surface area contributed by atoms with Gasteiger partial charge in [0.1, 0.15) is 6.61 Å². The Kier molecular flexibility index (Phi) is 6.94. The molecule has 2 aromatic carbocycles. The van der Waals surface area contributed by atoms with Crippen LogP contribution in [0, 0.1) is 6.92 Å². The van der Waals surface area contributed by atoms with E-state index in [0.717, 1.165) is 16.8 Å². The molecule has 0 aliphatic rings. The number of carbonyl (C=O) groups excluding carboxylic acids is 1. The van der Waals surface area contributed by atoms with Crippen molar-refractivity contribution in [1.29, 1.82) is 0 Å². The summed E-state index contributed by atoms with van der Waals surface area (Å²) in [5.74, 6) is 0.559. The number of thiophene rings is 1. The Balaban J connectivity index is 1.60. The number of anilines is 1. The van der Waals surface area contributed by atoms with Crippen LogP contribution < -0.4 is 10.1 Å². The van der Waals surface area contributed by atoms with Crippen LogP contribution in [0.2, 0.25) is 0 Å². The number of amides is 1. The molecule has 0 unspecified atom stereocenters. The molecule has 32 heavy (non-hydrogen) atoms.